The molecule has 0 fully saturated rings. The van der Waals surface area contributed by atoms with Crippen LogP contribution in [-0.2, 0) is 6.42 Å². The fourth-order valence-corrected chi connectivity index (χ4v) is 3.44. The van der Waals surface area contributed by atoms with Gasteiger partial charge in [-0.25, -0.2) is 9.97 Å². The summed E-state index contributed by atoms with van der Waals surface area (Å²) in [7, 11) is 0. The van der Waals surface area contributed by atoms with E-state index in [2.05, 4.69) is 64.3 Å². The number of pyridine rings is 2. The van der Waals surface area contributed by atoms with Gasteiger partial charge in [0.05, 0.1) is 5.69 Å². The molecule has 0 saturated carbocycles. The van der Waals surface area contributed by atoms with Gasteiger partial charge in [0.15, 0.2) is 5.65 Å². The van der Waals surface area contributed by atoms with Crippen molar-refractivity contribution in [1.29, 1.82) is 0 Å². The van der Waals surface area contributed by atoms with Crippen LogP contribution in [0.25, 0.3) is 11.0 Å². The van der Waals surface area contributed by atoms with Crippen LogP contribution in [0.3, 0.4) is 0 Å². The molecule has 22 heavy (non-hydrogen) atoms. The van der Waals surface area contributed by atoms with E-state index < -0.39 is 0 Å². The van der Waals surface area contributed by atoms with Crippen LogP contribution in [0.15, 0.2) is 42.5 Å². The second kappa shape index (κ2) is 4.80. The quantitative estimate of drug-likeness (QED) is 0.667. The summed E-state index contributed by atoms with van der Waals surface area (Å²) < 4.78 is 0. The average molecular weight is 289 g/mol. The van der Waals surface area contributed by atoms with Crippen LogP contribution in [0.5, 0.6) is 0 Å². The topological polar surface area (TPSA) is 29.0 Å². The number of fused-ring (bicyclic) bond motifs is 2. The highest BCUT2D eigenvalue weighted by Gasteiger charge is 2.28. The first-order valence-electron chi connectivity index (χ1n) is 7.75. The SMILES string of the molecule is Cc1ccc2c(N3c4ccccc4CC3C)cc(C)nc2n1. The molecule has 0 N–H and O–H groups in total. The van der Waals surface area contributed by atoms with E-state index in [0.717, 1.165) is 28.8 Å². The molecule has 3 heteroatoms. The Morgan fingerprint density at radius 2 is 1.73 bits per heavy atom. The molecule has 4 rings (SSSR count). The Labute approximate surface area is 130 Å². The predicted octanol–water partition coefficient (Wildman–Crippen LogP) is 4.33. The lowest BCUT2D eigenvalue weighted by Crippen LogP contribution is -2.24. The van der Waals surface area contributed by atoms with Gasteiger partial charge in [-0.3, -0.25) is 0 Å². The van der Waals surface area contributed by atoms with Crippen LogP contribution in [0.1, 0.15) is 23.9 Å². The first-order valence-corrected chi connectivity index (χ1v) is 7.75. The molecule has 1 atom stereocenters. The van der Waals surface area contributed by atoms with E-state index in [-0.39, 0.29) is 0 Å². The number of aryl methyl sites for hydroxylation is 2. The summed E-state index contributed by atoms with van der Waals surface area (Å²) in [6.45, 7) is 6.33. The van der Waals surface area contributed by atoms with E-state index in [1.165, 1.54) is 16.9 Å². The molecule has 0 aliphatic carbocycles. The smallest absolute Gasteiger partial charge is 0.161 e. The van der Waals surface area contributed by atoms with Crippen molar-refractivity contribution in [2.24, 2.45) is 0 Å². The Bertz CT molecular complexity index is 864. The van der Waals surface area contributed by atoms with Gasteiger partial charge in [-0.15, -0.1) is 0 Å². The zero-order valence-corrected chi connectivity index (χ0v) is 13.2. The highest BCUT2D eigenvalue weighted by atomic mass is 15.2. The Morgan fingerprint density at radius 1 is 0.955 bits per heavy atom. The predicted molar refractivity (Wildman–Crippen MR) is 90.8 cm³/mol. The minimum absolute atomic E-state index is 0.448. The lowest BCUT2D eigenvalue weighted by Gasteiger charge is -2.26. The van der Waals surface area contributed by atoms with Crippen LogP contribution in [0.2, 0.25) is 0 Å². The van der Waals surface area contributed by atoms with E-state index >= 15 is 0 Å². The van der Waals surface area contributed by atoms with E-state index in [4.69, 9.17) is 0 Å². The first-order chi connectivity index (χ1) is 10.6. The summed E-state index contributed by atoms with van der Waals surface area (Å²) in [4.78, 5) is 11.7. The molecule has 0 radical (unpaired) electrons. The molecule has 0 saturated heterocycles. The molecular formula is C19H19N3. The normalized spacial score (nSPS) is 17.0. The fourth-order valence-electron chi connectivity index (χ4n) is 3.44. The number of benzene rings is 1. The lowest BCUT2D eigenvalue weighted by atomic mass is 10.1. The Hall–Kier alpha value is -2.42. The maximum absolute atomic E-state index is 4.61. The molecule has 3 heterocycles. The molecule has 2 aromatic heterocycles. The number of anilines is 2. The number of hydrogen-bond donors (Lipinski definition) is 0. The third kappa shape index (κ3) is 1.97. The number of rotatable bonds is 1. The first kappa shape index (κ1) is 13.3. The summed E-state index contributed by atoms with van der Waals surface area (Å²) >= 11 is 0. The van der Waals surface area contributed by atoms with Crippen LogP contribution >= 0.6 is 0 Å². The summed E-state index contributed by atoms with van der Waals surface area (Å²) in [6.07, 6.45) is 1.08. The van der Waals surface area contributed by atoms with Crippen LogP contribution in [-0.4, -0.2) is 16.0 Å². The minimum atomic E-state index is 0.448. The van der Waals surface area contributed by atoms with Gasteiger partial charge < -0.3 is 4.90 Å². The number of hydrogen-bond acceptors (Lipinski definition) is 3. The van der Waals surface area contributed by atoms with E-state index in [1.54, 1.807) is 0 Å². The second-order valence-corrected chi connectivity index (χ2v) is 6.16. The Balaban J connectivity index is 1.98. The second-order valence-electron chi connectivity index (χ2n) is 6.16. The zero-order chi connectivity index (χ0) is 15.3. The number of nitrogens with zero attached hydrogens (tertiary/aromatic N) is 3. The van der Waals surface area contributed by atoms with Crippen molar-refractivity contribution in [3.63, 3.8) is 0 Å². The van der Waals surface area contributed by atoms with Gasteiger partial charge in [0.2, 0.25) is 0 Å². The summed E-state index contributed by atoms with van der Waals surface area (Å²) in [5, 5.41) is 1.12. The molecule has 3 nitrogen and oxygen atoms in total. The van der Waals surface area contributed by atoms with Gasteiger partial charge in [0, 0.05) is 28.5 Å². The lowest BCUT2D eigenvalue weighted by molar-refractivity contribution is 0.760. The van der Waals surface area contributed by atoms with Gasteiger partial charge in [0.1, 0.15) is 0 Å². The van der Waals surface area contributed by atoms with Crippen molar-refractivity contribution < 1.29 is 0 Å². The van der Waals surface area contributed by atoms with Crippen molar-refractivity contribution in [2.75, 3.05) is 4.90 Å². The Kier molecular flexibility index (Phi) is 2.89. The molecule has 0 amide bonds. The highest BCUT2D eigenvalue weighted by Crippen LogP contribution is 2.40. The van der Waals surface area contributed by atoms with Crippen LogP contribution < -0.4 is 4.90 Å². The third-order valence-electron chi connectivity index (χ3n) is 4.38. The van der Waals surface area contributed by atoms with Gasteiger partial charge >= 0.3 is 0 Å². The molecule has 110 valence electrons. The number of aromatic nitrogens is 2. The van der Waals surface area contributed by atoms with Gasteiger partial charge in [-0.1, -0.05) is 18.2 Å². The minimum Gasteiger partial charge on any atom is -0.337 e. The van der Waals surface area contributed by atoms with Crippen molar-refractivity contribution in [3.05, 3.63) is 59.4 Å². The molecule has 1 aliphatic heterocycles. The van der Waals surface area contributed by atoms with E-state index in [0.29, 0.717) is 6.04 Å². The maximum atomic E-state index is 4.61. The third-order valence-corrected chi connectivity index (χ3v) is 4.38. The van der Waals surface area contributed by atoms with Crippen LogP contribution in [0.4, 0.5) is 11.4 Å². The average Bonchev–Trinajstić information content (AvgIpc) is 2.81. The summed E-state index contributed by atoms with van der Waals surface area (Å²) in [5.74, 6) is 0. The molecular weight excluding hydrogens is 270 g/mol. The van der Waals surface area contributed by atoms with E-state index in [1.807, 2.05) is 13.8 Å². The molecule has 0 spiro atoms. The summed E-state index contributed by atoms with van der Waals surface area (Å²) in [5.41, 5.74) is 6.79. The van der Waals surface area contributed by atoms with Crippen LogP contribution in [0, 0.1) is 13.8 Å². The number of para-hydroxylation sites is 1. The van der Waals surface area contributed by atoms with Crippen molar-refractivity contribution in [1.82, 2.24) is 9.97 Å². The summed E-state index contributed by atoms with van der Waals surface area (Å²) in [6, 6.07) is 15.5. The fraction of sp³-hybridized carbons (Fsp3) is 0.263. The molecule has 1 unspecified atom stereocenters. The molecule has 3 aromatic rings. The Morgan fingerprint density at radius 3 is 2.59 bits per heavy atom. The van der Waals surface area contributed by atoms with Crippen molar-refractivity contribution in [3.8, 4) is 0 Å². The van der Waals surface area contributed by atoms with Gasteiger partial charge in [-0.05, 0) is 57.0 Å². The van der Waals surface area contributed by atoms with E-state index in [9.17, 15) is 0 Å². The standard InChI is InChI=1S/C19H19N3/c1-12-8-9-16-18(10-13(2)21-19(16)20-12)22-14(3)11-15-6-4-5-7-17(15)22/h4-10,14H,11H2,1-3H3. The maximum Gasteiger partial charge on any atom is 0.161 e. The van der Waals surface area contributed by atoms with Crippen molar-refractivity contribution >= 4 is 22.4 Å². The molecule has 1 aromatic carbocycles. The largest absolute Gasteiger partial charge is 0.337 e. The van der Waals surface area contributed by atoms with Gasteiger partial charge in [0.25, 0.3) is 0 Å². The van der Waals surface area contributed by atoms with Gasteiger partial charge in [-0.2, -0.15) is 0 Å². The van der Waals surface area contributed by atoms with Crippen molar-refractivity contribution in [2.45, 2.75) is 33.2 Å². The molecule has 1 aliphatic rings. The molecule has 0 bridgehead atoms. The highest BCUT2D eigenvalue weighted by molar-refractivity contribution is 5.93. The monoisotopic (exact) mass is 289 g/mol. The zero-order valence-electron chi connectivity index (χ0n) is 13.2.